The van der Waals surface area contributed by atoms with E-state index in [9.17, 15) is 4.79 Å². The predicted molar refractivity (Wildman–Crippen MR) is 54.1 cm³/mol. The summed E-state index contributed by atoms with van der Waals surface area (Å²) in [7, 11) is 0. The maximum absolute atomic E-state index is 11.0. The van der Waals surface area contributed by atoms with Crippen LogP contribution in [0.5, 0.6) is 0 Å². The molecule has 0 bridgehead atoms. The zero-order valence-electron chi connectivity index (χ0n) is 7.63. The lowest BCUT2D eigenvalue weighted by Crippen LogP contribution is -1.97. The number of fused-ring (bicyclic) bond motifs is 1. The van der Waals surface area contributed by atoms with E-state index in [0.717, 1.165) is 10.9 Å². The van der Waals surface area contributed by atoms with Gasteiger partial charge in [0.05, 0.1) is 0 Å². The monoisotopic (exact) mass is 176 g/mol. The minimum absolute atomic E-state index is 0. The Bertz CT molecular complexity index is 514. The molecule has 2 nitrogen and oxygen atoms in total. The predicted octanol–water partition coefficient (Wildman–Crippen LogP) is 2.66. The summed E-state index contributed by atoms with van der Waals surface area (Å²) >= 11 is 0. The summed E-state index contributed by atoms with van der Waals surface area (Å²) in [5.41, 5.74) is 2.52. The Morgan fingerprint density at radius 2 is 2.00 bits per heavy atom. The van der Waals surface area contributed by atoms with E-state index in [-0.39, 0.29) is 7.05 Å². The highest BCUT2D eigenvalue weighted by Gasteiger charge is 2.00. The third-order valence-corrected chi connectivity index (χ3v) is 2.10. The van der Waals surface area contributed by atoms with Crippen LogP contribution >= 0.6 is 0 Å². The van der Waals surface area contributed by atoms with Gasteiger partial charge in [0.25, 0.3) is 0 Å². The standard InChI is InChI=1S/C11H10O2.H2/c1-7-3-4-10-9(5-7)8(2)6-11(12)13-10;/h3-6H,1-2H3;1H. The van der Waals surface area contributed by atoms with Crippen molar-refractivity contribution in [1.82, 2.24) is 0 Å². The zero-order valence-corrected chi connectivity index (χ0v) is 7.63. The second-order valence-electron chi connectivity index (χ2n) is 3.25. The van der Waals surface area contributed by atoms with Gasteiger partial charge in [0.1, 0.15) is 5.58 Å². The number of rotatable bonds is 0. The van der Waals surface area contributed by atoms with Crippen LogP contribution in [-0.2, 0) is 0 Å². The van der Waals surface area contributed by atoms with Gasteiger partial charge in [0.15, 0.2) is 0 Å². The summed E-state index contributed by atoms with van der Waals surface area (Å²) in [6.45, 7) is 3.93. The summed E-state index contributed by atoms with van der Waals surface area (Å²) in [6.07, 6.45) is 0. The normalized spacial score (nSPS) is 10.6. The topological polar surface area (TPSA) is 30.2 Å². The highest BCUT2D eigenvalue weighted by Crippen LogP contribution is 2.17. The van der Waals surface area contributed by atoms with Crippen molar-refractivity contribution in [2.75, 3.05) is 0 Å². The van der Waals surface area contributed by atoms with Gasteiger partial charge in [-0.25, -0.2) is 4.79 Å². The molecular formula is C11H12O2. The van der Waals surface area contributed by atoms with Gasteiger partial charge in [-0.3, -0.25) is 0 Å². The van der Waals surface area contributed by atoms with Gasteiger partial charge >= 0.3 is 5.63 Å². The zero-order chi connectivity index (χ0) is 9.42. The molecule has 0 spiro atoms. The molecule has 2 rings (SSSR count). The fourth-order valence-electron chi connectivity index (χ4n) is 1.43. The molecule has 0 N–H and O–H groups in total. The molecule has 0 amide bonds. The molecule has 2 aromatic rings. The number of aryl methyl sites for hydroxylation is 2. The molecular weight excluding hydrogens is 164 g/mol. The van der Waals surface area contributed by atoms with Gasteiger partial charge in [0, 0.05) is 12.9 Å². The van der Waals surface area contributed by atoms with Crippen LogP contribution in [0.2, 0.25) is 0 Å². The fourth-order valence-corrected chi connectivity index (χ4v) is 1.43. The van der Waals surface area contributed by atoms with Gasteiger partial charge in [-0.1, -0.05) is 11.6 Å². The van der Waals surface area contributed by atoms with Gasteiger partial charge < -0.3 is 4.42 Å². The number of hydrogen-bond donors (Lipinski definition) is 0. The molecule has 0 fully saturated rings. The second-order valence-corrected chi connectivity index (χ2v) is 3.25. The molecule has 0 aliphatic rings. The first kappa shape index (κ1) is 8.05. The molecule has 13 heavy (non-hydrogen) atoms. The van der Waals surface area contributed by atoms with Crippen LogP contribution in [0.25, 0.3) is 11.0 Å². The van der Waals surface area contributed by atoms with Crippen LogP contribution in [-0.4, -0.2) is 0 Å². The van der Waals surface area contributed by atoms with Crippen molar-refractivity contribution in [3.05, 3.63) is 45.8 Å². The van der Waals surface area contributed by atoms with E-state index in [4.69, 9.17) is 4.42 Å². The van der Waals surface area contributed by atoms with Crippen molar-refractivity contribution in [3.63, 3.8) is 0 Å². The van der Waals surface area contributed by atoms with Crippen LogP contribution in [0.15, 0.2) is 33.5 Å². The molecule has 0 unspecified atom stereocenters. The lowest BCUT2D eigenvalue weighted by molar-refractivity contribution is 0.560. The van der Waals surface area contributed by atoms with E-state index in [0.29, 0.717) is 5.58 Å². The molecule has 0 aliphatic heterocycles. The van der Waals surface area contributed by atoms with E-state index in [1.54, 1.807) is 0 Å². The molecule has 68 valence electrons. The van der Waals surface area contributed by atoms with Crippen LogP contribution in [0, 0.1) is 13.8 Å². The van der Waals surface area contributed by atoms with Gasteiger partial charge in [-0.15, -0.1) is 0 Å². The average molecular weight is 176 g/mol. The fraction of sp³-hybridized carbons (Fsp3) is 0.182. The summed E-state index contributed by atoms with van der Waals surface area (Å²) < 4.78 is 5.04. The SMILES string of the molecule is Cc1ccc2oc(=O)cc(C)c2c1.[HH]. The van der Waals surface area contributed by atoms with Crippen molar-refractivity contribution in [2.45, 2.75) is 13.8 Å². The first-order chi connectivity index (χ1) is 6.16. The van der Waals surface area contributed by atoms with Crippen molar-refractivity contribution < 1.29 is 5.84 Å². The van der Waals surface area contributed by atoms with E-state index in [1.165, 1.54) is 11.6 Å². The quantitative estimate of drug-likeness (QED) is 0.577. The Balaban J connectivity index is 0.000000980. The Morgan fingerprint density at radius 1 is 1.23 bits per heavy atom. The minimum atomic E-state index is -0.283. The van der Waals surface area contributed by atoms with Crippen LogP contribution in [0.1, 0.15) is 12.6 Å². The smallest absolute Gasteiger partial charge is 0.336 e. The van der Waals surface area contributed by atoms with Crippen LogP contribution < -0.4 is 5.63 Å². The third-order valence-electron chi connectivity index (χ3n) is 2.10. The van der Waals surface area contributed by atoms with Gasteiger partial charge in [-0.2, -0.15) is 0 Å². The van der Waals surface area contributed by atoms with E-state index >= 15 is 0 Å². The molecule has 0 aliphatic carbocycles. The second kappa shape index (κ2) is 2.73. The van der Waals surface area contributed by atoms with Crippen molar-refractivity contribution in [3.8, 4) is 0 Å². The highest BCUT2D eigenvalue weighted by atomic mass is 16.4. The molecule has 1 aromatic heterocycles. The molecule has 0 saturated heterocycles. The maximum atomic E-state index is 11.0. The Kier molecular flexibility index (Phi) is 1.69. The number of hydrogen-bond acceptors (Lipinski definition) is 2. The molecule has 2 heteroatoms. The van der Waals surface area contributed by atoms with Crippen molar-refractivity contribution in [2.24, 2.45) is 0 Å². The third kappa shape index (κ3) is 1.35. The van der Waals surface area contributed by atoms with Crippen molar-refractivity contribution >= 4 is 11.0 Å². The first-order valence-electron chi connectivity index (χ1n) is 4.18. The Labute approximate surface area is 77.3 Å². The Hall–Kier alpha value is -1.57. The first-order valence-corrected chi connectivity index (χ1v) is 4.18. The number of benzene rings is 1. The van der Waals surface area contributed by atoms with Gasteiger partial charge in [0.2, 0.25) is 0 Å². The Morgan fingerprint density at radius 3 is 2.77 bits per heavy atom. The maximum Gasteiger partial charge on any atom is 0.336 e. The molecule has 1 aromatic carbocycles. The van der Waals surface area contributed by atoms with Crippen molar-refractivity contribution in [1.29, 1.82) is 0 Å². The van der Waals surface area contributed by atoms with Gasteiger partial charge in [-0.05, 0) is 31.5 Å². The summed E-state index contributed by atoms with van der Waals surface area (Å²) in [4.78, 5) is 11.0. The largest absolute Gasteiger partial charge is 0.423 e. The lowest BCUT2D eigenvalue weighted by atomic mass is 10.1. The van der Waals surface area contributed by atoms with E-state index in [1.807, 2.05) is 32.0 Å². The van der Waals surface area contributed by atoms with E-state index < -0.39 is 0 Å². The van der Waals surface area contributed by atoms with E-state index in [2.05, 4.69) is 0 Å². The highest BCUT2D eigenvalue weighted by molar-refractivity contribution is 5.80. The minimum Gasteiger partial charge on any atom is -0.423 e. The molecule has 0 saturated carbocycles. The van der Waals surface area contributed by atoms with Crippen LogP contribution in [0.3, 0.4) is 0 Å². The lowest BCUT2D eigenvalue weighted by Gasteiger charge is -2.00. The summed E-state index contributed by atoms with van der Waals surface area (Å²) in [5.74, 6) is 0. The average Bonchev–Trinajstić information content (AvgIpc) is 2.06. The summed E-state index contributed by atoms with van der Waals surface area (Å²) in [6, 6.07) is 7.30. The summed E-state index contributed by atoms with van der Waals surface area (Å²) in [5, 5.41) is 1.01. The molecule has 1 heterocycles. The molecule has 0 atom stereocenters. The van der Waals surface area contributed by atoms with Crippen LogP contribution in [0.4, 0.5) is 0 Å². The molecule has 0 radical (unpaired) electrons.